The van der Waals surface area contributed by atoms with E-state index in [0.29, 0.717) is 22.6 Å². The summed E-state index contributed by atoms with van der Waals surface area (Å²) in [6, 6.07) is 0.364. The van der Waals surface area contributed by atoms with Crippen molar-refractivity contribution < 1.29 is 0 Å². The summed E-state index contributed by atoms with van der Waals surface area (Å²) in [6.45, 7) is 0. The lowest BCUT2D eigenvalue weighted by Gasteiger charge is -2.19. The highest BCUT2D eigenvalue weighted by Gasteiger charge is 2.43. The van der Waals surface area contributed by atoms with Gasteiger partial charge in [0.05, 0.1) is 5.39 Å². The molecular weight excluding hydrogens is 300 g/mol. The second-order valence-electron chi connectivity index (χ2n) is 6.83. The lowest BCUT2D eigenvalue weighted by molar-refractivity contribution is 0.378. The molecular formula is C16H18N2OS2. The van der Waals surface area contributed by atoms with Gasteiger partial charge in [0.15, 0.2) is 4.77 Å². The van der Waals surface area contributed by atoms with Crippen LogP contribution in [-0.2, 0) is 12.8 Å². The molecule has 2 fully saturated rings. The number of nitrogens with one attached hydrogen (secondary N) is 1. The predicted molar refractivity (Wildman–Crippen MR) is 87.8 cm³/mol. The number of aromatic nitrogens is 2. The topological polar surface area (TPSA) is 37.8 Å². The summed E-state index contributed by atoms with van der Waals surface area (Å²) in [5.41, 5.74) is 1.50. The number of hydrogen-bond acceptors (Lipinski definition) is 3. The normalized spacial score (nSPS) is 21.4. The minimum absolute atomic E-state index is 0.192. The number of H-pyrrole nitrogens is 1. The summed E-state index contributed by atoms with van der Waals surface area (Å²) in [5.74, 6) is 1.38. The van der Waals surface area contributed by atoms with Crippen molar-refractivity contribution >= 4 is 33.8 Å². The smallest absolute Gasteiger partial charge is 0.263 e. The van der Waals surface area contributed by atoms with Crippen molar-refractivity contribution in [3.63, 3.8) is 0 Å². The lowest BCUT2D eigenvalue weighted by atomic mass is 10.1. The van der Waals surface area contributed by atoms with Crippen molar-refractivity contribution in [3.8, 4) is 0 Å². The molecule has 0 bridgehead atoms. The summed E-state index contributed by atoms with van der Waals surface area (Å²) >= 11 is 7.31. The first-order chi connectivity index (χ1) is 10.2. The van der Waals surface area contributed by atoms with Crippen molar-refractivity contribution in [1.29, 1.82) is 0 Å². The van der Waals surface area contributed by atoms with Gasteiger partial charge < -0.3 is 4.98 Å². The van der Waals surface area contributed by atoms with Crippen LogP contribution in [0.25, 0.3) is 10.2 Å². The van der Waals surface area contributed by atoms with E-state index in [-0.39, 0.29) is 5.56 Å². The highest BCUT2D eigenvalue weighted by Crippen LogP contribution is 2.51. The number of hydrogen-bond donors (Lipinski definition) is 1. The Morgan fingerprint density at radius 2 is 1.90 bits per heavy atom. The molecule has 2 heterocycles. The highest BCUT2D eigenvalue weighted by atomic mass is 32.1. The van der Waals surface area contributed by atoms with Crippen molar-refractivity contribution in [2.24, 2.45) is 11.8 Å². The van der Waals surface area contributed by atoms with Crippen LogP contribution >= 0.6 is 23.6 Å². The SMILES string of the molecule is O=c1c2c3c(sc2[nH]c(=S)n1C(C1CC1)C1CC1)CCC3. The average Bonchev–Trinajstić information content (AvgIpc) is 3.35. The quantitative estimate of drug-likeness (QED) is 0.870. The first-order valence-corrected chi connectivity index (χ1v) is 9.25. The standard InChI is InChI=1S/C16H18N2OS2/c19-15-12-10-2-1-3-11(10)21-14(12)17-16(20)18(15)13(8-4-5-8)9-6-7-9/h8-9,13H,1-7H2,(H,17,20). The van der Waals surface area contributed by atoms with Gasteiger partial charge in [0, 0.05) is 10.9 Å². The maximum Gasteiger partial charge on any atom is 0.263 e. The van der Waals surface area contributed by atoms with Crippen LogP contribution in [0.4, 0.5) is 0 Å². The van der Waals surface area contributed by atoms with E-state index < -0.39 is 0 Å². The summed E-state index contributed by atoms with van der Waals surface area (Å²) in [7, 11) is 0. The van der Waals surface area contributed by atoms with Gasteiger partial charge in [-0.25, -0.2) is 0 Å². The van der Waals surface area contributed by atoms with Crippen LogP contribution in [0.5, 0.6) is 0 Å². The molecule has 1 N–H and O–H groups in total. The molecule has 2 aromatic heterocycles. The van der Waals surface area contributed by atoms with E-state index >= 15 is 0 Å². The van der Waals surface area contributed by atoms with E-state index in [4.69, 9.17) is 12.2 Å². The first kappa shape index (κ1) is 12.6. The molecule has 2 aromatic rings. The van der Waals surface area contributed by atoms with Gasteiger partial charge in [-0.1, -0.05) is 0 Å². The third-order valence-electron chi connectivity index (χ3n) is 5.30. The molecule has 110 valence electrons. The van der Waals surface area contributed by atoms with E-state index in [1.54, 1.807) is 11.3 Å². The Morgan fingerprint density at radius 3 is 2.57 bits per heavy atom. The number of rotatable bonds is 3. The van der Waals surface area contributed by atoms with Crippen molar-refractivity contribution in [2.75, 3.05) is 0 Å². The van der Waals surface area contributed by atoms with Gasteiger partial charge in [-0.15, -0.1) is 11.3 Å². The van der Waals surface area contributed by atoms with E-state index in [0.717, 1.165) is 23.1 Å². The number of nitrogens with zero attached hydrogens (tertiary/aromatic N) is 1. The maximum absolute atomic E-state index is 13.2. The molecule has 21 heavy (non-hydrogen) atoms. The largest absolute Gasteiger partial charge is 0.323 e. The molecule has 5 heteroatoms. The van der Waals surface area contributed by atoms with Crippen LogP contribution in [-0.4, -0.2) is 9.55 Å². The molecule has 5 rings (SSSR count). The minimum Gasteiger partial charge on any atom is -0.323 e. The van der Waals surface area contributed by atoms with Gasteiger partial charge in [-0.3, -0.25) is 9.36 Å². The Kier molecular flexibility index (Phi) is 2.57. The zero-order chi connectivity index (χ0) is 14.1. The van der Waals surface area contributed by atoms with Gasteiger partial charge in [0.1, 0.15) is 4.83 Å². The van der Waals surface area contributed by atoms with Gasteiger partial charge in [-0.2, -0.15) is 0 Å². The molecule has 3 nitrogen and oxygen atoms in total. The number of fused-ring (bicyclic) bond motifs is 3. The van der Waals surface area contributed by atoms with Gasteiger partial charge in [-0.05, 0) is 74.6 Å². The number of thiophene rings is 1. The molecule has 0 radical (unpaired) electrons. The third kappa shape index (κ3) is 1.83. The van der Waals surface area contributed by atoms with Crippen LogP contribution in [0.3, 0.4) is 0 Å². The second-order valence-corrected chi connectivity index (χ2v) is 8.32. The van der Waals surface area contributed by atoms with E-state index in [2.05, 4.69) is 4.98 Å². The maximum atomic E-state index is 13.2. The fraction of sp³-hybridized carbons (Fsp3) is 0.625. The molecule has 0 atom stereocenters. The Labute approximate surface area is 132 Å². The molecule has 3 aliphatic rings. The third-order valence-corrected chi connectivity index (χ3v) is 6.81. The molecule has 0 aliphatic heterocycles. The van der Waals surface area contributed by atoms with Crippen LogP contribution in [0, 0.1) is 16.6 Å². The van der Waals surface area contributed by atoms with Crippen LogP contribution in [0.1, 0.15) is 48.6 Å². The van der Waals surface area contributed by atoms with Gasteiger partial charge in [0.2, 0.25) is 0 Å². The van der Waals surface area contributed by atoms with Crippen molar-refractivity contribution in [1.82, 2.24) is 9.55 Å². The Bertz CT molecular complexity index is 840. The molecule has 0 aromatic carbocycles. The molecule has 2 saturated carbocycles. The minimum atomic E-state index is 0.192. The molecule has 0 unspecified atom stereocenters. The fourth-order valence-corrected chi connectivity index (χ4v) is 5.69. The zero-order valence-electron chi connectivity index (χ0n) is 11.9. The molecule has 0 spiro atoms. The van der Waals surface area contributed by atoms with E-state index in [1.165, 1.54) is 42.5 Å². The Hall–Kier alpha value is -0.940. The van der Waals surface area contributed by atoms with Crippen molar-refractivity contribution in [3.05, 3.63) is 25.6 Å². The Morgan fingerprint density at radius 1 is 1.19 bits per heavy atom. The summed E-state index contributed by atoms with van der Waals surface area (Å²) < 4.78 is 2.61. The lowest BCUT2D eigenvalue weighted by Crippen LogP contribution is -2.29. The van der Waals surface area contributed by atoms with Crippen LogP contribution in [0.15, 0.2) is 4.79 Å². The van der Waals surface area contributed by atoms with Crippen LogP contribution < -0.4 is 5.56 Å². The first-order valence-electron chi connectivity index (χ1n) is 8.03. The monoisotopic (exact) mass is 318 g/mol. The summed E-state index contributed by atoms with van der Waals surface area (Å²) in [4.78, 5) is 18.9. The predicted octanol–water partition coefficient (Wildman–Crippen LogP) is 3.97. The molecule has 0 amide bonds. The van der Waals surface area contributed by atoms with Gasteiger partial charge >= 0.3 is 0 Å². The fourth-order valence-electron chi connectivity index (χ4n) is 4.04. The summed E-state index contributed by atoms with van der Waals surface area (Å²) in [5, 5.41) is 0.951. The van der Waals surface area contributed by atoms with E-state index in [1.807, 2.05) is 4.57 Å². The number of aryl methyl sites for hydroxylation is 2. The molecule has 3 aliphatic carbocycles. The van der Waals surface area contributed by atoms with E-state index in [9.17, 15) is 4.79 Å². The Balaban J connectivity index is 1.79. The zero-order valence-corrected chi connectivity index (χ0v) is 13.5. The van der Waals surface area contributed by atoms with Crippen LogP contribution in [0.2, 0.25) is 0 Å². The second kappa shape index (κ2) is 4.29. The molecule has 0 saturated heterocycles. The number of aromatic amines is 1. The van der Waals surface area contributed by atoms with Gasteiger partial charge in [0.25, 0.3) is 5.56 Å². The van der Waals surface area contributed by atoms with Crippen molar-refractivity contribution in [2.45, 2.75) is 51.0 Å². The highest BCUT2D eigenvalue weighted by molar-refractivity contribution is 7.71. The average molecular weight is 318 g/mol. The summed E-state index contributed by atoms with van der Waals surface area (Å²) in [6.07, 6.45) is 8.45.